The molecule has 3 heterocycles. The van der Waals surface area contributed by atoms with E-state index in [2.05, 4.69) is 6.92 Å². The monoisotopic (exact) mass is 914 g/mol. The van der Waals surface area contributed by atoms with Gasteiger partial charge in [-0.25, -0.2) is 0 Å². The van der Waals surface area contributed by atoms with E-state index >= 15 is 0 Å². The van der Waals surface area contributed by atoms with Crippen molar-refractivity contribution in [3.05, 3.63) is 47.6 Å². The summed E-state index contributed by atoms with van der Waals surface area (Å²) in [6.45, 7) is 15.3. The number of amides is 1. The predicted octanol–water partition coefficient (Wildman–Crippen LogP) is 7.04. The number of Topliss-reactive ketones (excluding diaryl/α,β-unsaturated/α-hetero) is 3. The normalized spacial score (nSPS) is 41.7. The smallest absolute Gasteiger partial charge is 0.296 e. The van der Waals surface area contributed by atoms with Gasteiger partial charge in [0.2, 0.25) is 5.79 Å². The highest BCUT2D eigenvalue weighted by atomic mass is 16.6. The molecule has 2 bridgehead atoms. The number of ketones is 3. The number of piperidine rings is 1. The standard InChI is InChI=1S/C52H83NO12/c1-31-17-13-12-14-18-32(2)44(61-9)29-40-22-20-37(7)52(60,65-40)50(58)51(59)53-24-16-15-19-41(53)38(8)64-45(34(4)27-39-21-23-42(54)46(28-39)62-10)30-43(55)33(3)26-36(6)48(57)49(63-11)47(56)35(5)25-31/h12-14,17-18,26,31,33-35,37-42,44-46,48-49,54,57,60H,15-16,19-25,27-30H2,1-11H3/b14-12+,17-13+,32-18+,36-26+/t31-,33-,34-,35-,37-,38?,39+,40+,41?,42-,44+,45?,46-,48-,49+,52-/m1/s1. The number of hydrogen-bond donors (Lipinski definition) is 3. The molecule has 3 unspecified atom stereocenters. The Bertz CT molecular complexity index is 1710. The fourth-order valence-corrected chi connectivity index (χ4v) is 10.6. The lowest BCUT2D eigenvalue weighted by Gasteiger charge is -2.44. The summed E-state index contributed by atoms with van der Waals surface area (Å²) in [7, 11) is 4.63. The maximum Gasteiger partial charge on any atom is 0.296 e. The quantitative estimate of drug-likeness (QED) is 0.183. The molecule has 16 atom stereocenters. The van der Waals surface area contributed by atoms with E-state index in [0.29, 0.717) is 69.9 Å². The fourth-order valence-electron chi connectivity index (χ4n) is 10.6. The Labute approximate surface area is 389 Å². The maximum absolute atomic E-state index is 14.4. The third-order valence-corrected chi connectivity index (χ3v) is 14.9. The van der Waals surface area contributed by atoms with Gasteiger partial charge in [-0.3, -0.25) is 19.2 Å². The molecule has 368 valence electrons. The molecule has 4 rings (SSSR count). The highest BCUT2D eigenvalue weighted by Crippen LogP contribution is 2.38. The number of methoxy groups -OCH3 is 3. The van der Waals surface area contributed by atoms with E-state index in [0.717, 1.165) is 18.4 Å². The van der Waals surface area contributed by atoms with E-state index in [1.54, 1.807) is 41.1 Å². The van der Waals surface area contributed by atoms with Crippen LogP contribution in [0.15, 0.2) is 47.6 Å². The van der Waals surface area contributed by atoms with Crippen molar-refractivity contribution in [2.24, 2.45) is 35.5 Å². The zero-order valence-electron chi connectivity index (χ0n) is 41.3. The first-order valence-corrected chi connectivity index (χ1v) is 24.4. The molecule has 3 fully saturated rings. The van der Waals surface area contributed by atoms with E-state index in [-0.39, 0.29) is 47.9 Å². The molecule has 0 spiro atoms. The molecule has 13 heteroatoms. The maximum atomic E-state index is 14.4. The lowest BCUT2D eigenvalue weighted by molar-refractivity contribution is -0.265. The molecule has 3 N–H and O–H groups in total. The van der Waals surface area contributed by atoms with Gasteiger partial charge in [-0.15, -0.1) is 0 Å². The van der Waals surface area contributed by atoms with Gasteiger partial charge in [0.25, 0.3) is 11.7 Å². The minimum atomic E-state index is -2.32. The van der Waals surface area contributed by atoms with E-state index in [4.69, 9.17) is 23.7 Å². The third-order valence-electron chi connectivity index (χ3n) is 14.9. The number of carbonyl (C=O) groups excluding carboxylic acids is 4. The topological polar surface area (TPSA) is 178 Å². The number of carbonyl (C=O) groups is 4. The molecule has 1 aliphatic carbocycles. The molecule has 65 heavy (non-hydrogen) atoms. The van der Waals surface area contributed by atoms with Crippen LogP contribution in [-0.4, -0.2) is 132 Å². The number of aliphatic hydroxyl groups is 3. The second kappa shape index (κ2) is 25.5. The Balaban J connectivity index is 1.70. The average molecular weight is 914 g/mol. The lowest BCUT2D eigenvalue weighted by atomic mass is 9.78. The summed E-state index contributed by atoms with van der Waals surface area (Å²) in [6, 6.07) is -0.501. The predicted molar refractivity (Wildman–Crippen MR) is 250 cm³/mol. The van der Waals surface area contributed by atoms with E-state index in [1.165, 1.54) is 12.0 Å². The number of aliphatic hydroxyl groups excluding tert-OH is 2. The second-order valence-corrected chi connectivity index (χ2v) is 20.0. The first-order chi connectivity index (χ1) is 30.7. The zero-order valence-corrected chi connectivity index (χ0v) is 41.3. The van der Waals surface area contributed by atoms with Gasteiger partial charge in [-0.1, -0.05) is 71.1 Å². The van der Waals surface area contributed by atoms with Gasteiger partial charge in [-0.2, -0.15) is 0 Å². The Morgan fingerprint density at radius 3 is 2.25 bits per heavy atom. The Morgan fingerprint density at radius 2 is 1.57 bits per heavy atom. The minimum absolute atomic E-state index is 0.0432. The van der Waals surface area contributed by atoms with Gasteiger partial charge >= 0.3 is 0 Å². The van der Waals surface area contributed by atoms with Crippen LogP contribution in [0, 0.1) is 35.5 Å². The van der Waals surface area contributed by atoms with E-state index in [9.17, 15) is 34.5 Å². The molecule has 2 saturated heterocycles. The molecule has 13 nitrogen and oxygen atoms in total. The van der Waals surface area contributed by atoms with Crippen molar-refractivity contribution < 1.29 is 58.2 Å². The van der Waals surface area contributed by atoms with Gasteiger partial charge in [0.05, 0.1) is 42.7 Å². The van der Waals surface area contributed by atoms with Crippen LogP contribution < -0.4 is 0 Å². The molecule has 0 aromatic heterocycles. The third kappa shape index (κ3) is 14.6. The molecular formula is C52H83NO12. The summed E-state index contributed by atoms with van der Waals surface area (Å²) in [5, 5.41) is 34.0. The lowest BCUT2D eigenvalue weighted by Crippen LogP contribution is -2.61. The number of rotatable bonds is 6. The number of allylic oxidation sites excluding steroid dienone is 6. The van der Waals surface area contributed by atoms with Crippen LogP contribution in [0.5, 0.6) is 0 Å². The second-order valence-electron chi connectivity index (χ2n) is 20.0. The van der Waals surface area contributed by atoms with Crippen LogP contribution in [0.25, 0.3) is 0 Å². The summed E-state index contributed by atoms with van der Waals surface area (Å²) in [6.07, 6.45) is 13.0. The minimum Gasteiger partial charge on any atom is -0.390 e. The Morgan fingerprint density at radius 1 is 0.846 bits per heavy atom. The molecule has 3 aliphatic heterocycles. The Kier molecular flexibility index (Phi) is 21.4. The van der Waals surface area contributed by atoms with Gasteiger partial charge in [-0.05, 0) is 114 Å². The summed E-state index contributed by atoms with van der Waals surface area (Å²) >= 11 is 0. The van der Waals surface area contributed by atoms with Gasteiger partial charge in [0.15, 0.2) is 5.78 Å². The van der Waals surface area contributed by atoms with Crippen molar-refractivity contribution in [1.82, 2.24) is 4.90 Å². The number of ether oxygens (including phenoxy) is 5. The van der Waals surface area contributed by atoms with Crippen molar-refractivity contribution in [2.75, 3.05) is 27.9 Å². The van der Waals surface area contributed by atoms with Crippen LogP contribution in [0.3, 0.4) is 0 Å². The first-order valence-electron chi connectivity index (χ1n) is 24.4. The van der Waals surface area contributed by atoms with Crippen LogP contribution in [0.4, 0.5) is 0 Å². The van der Waals surface area contributed by atoms with Crippen molar-refractivity contribution in [1.29, 1.82) is 0 Å². The summed E-state index contributed by atoms with van der Waals surface area (Å²) in [5.74, 6) is -5.96. The zero-order chi connectivity index (χ0) is 48.2. The van der Waals surface area contributed by atoms with Crippen LogP contribution in [0.2, 0.25) is 0 Å². The average Bonchev–Trinajstić information content (AvgIpc) is 3.28. The number of fused-ring (bicyclic) bond motifs is 3. The molecule has 1 amide bonds. The van der Waals surface area contributed by atoms with E-state index < -0.39 is 77.9 Å². The molecule has 4 aliphatic rings. The largest absolute Gasteiger partial charge is 0.390 e. The van der Waals surface area contributed by atoms with Crippen molar-refractivity contribution in [3.63, 3.8) is 0 Å². The molecule has 1 saturated carbocycles. The number of nitrogens with zero attached hydrogens (tertiary/aromatic N) is 1. The van der Waals surface area contributed by atoms with Crippen LogP contribution in [0.1, 0.15) is 132 Å². The van der Waals surface area contributed by atoms with Gasteiger partial charge in [0, 0.05) is 58.5 Å². The number of hydrogen-bond acceptors (Lipinski definition) is 12. The van der Waals surface area contributed by atoms with Crippen LogP contribution in [-0.2, 0) is 42.9 Å². The summed E-state index contributed by atoms with van der Waals surface area (Å²) in [4.78, 5) is 58.2. The highest BCUT2D eigenvalue weighted by Gasteiger charge is 2.53. The first kappa shape index (κ1) is 54.7. The summed E-state index contributed by atoms with van der Waals surface area (Å²) in [5.41, 5.74) is 1.37. The molecular weight excluding hydrogens is 831 g/mol. The molecule has 0 radical (unpaired) electrons. The van der Waals surface area contributed by atoms with E-state index in [1.807, 2.05) is 58.1 Å². The molecule has 0 aromatic rings. The van der Waals surface area contributed by atoms with Crippen molar-refractivity contribution in [3.8, 4) is 0 Å². The molecule has 0 aromatic carbocycles. The van der Waals surface area contributed by atoms with Gasteiger partial charge in [0.1, 0.15) is 18.0 Å². The SMILES string of the molecule is CO[C@H]1C[C@@H]2CC[C@@H](C)[C@@](O)(O2)C(=O)C(=O)N2CCCCC2C(C)OC([C@H](C)C[C@@H]2CC[C@@H](O)[C@H](OC)C2)CC(=O)[C@H](C)/C=C(\C)[C@@H](O)[C@@H](OC)C(=O)[C@H](C)C[C@H](C)/C=C/C=C/C=C/1C. The fraction of sp³-hybridized carbons (Fsp3) is 0.769. The summed E-state index contributed by atoms with van der Waals surface area (Å²) < 4.78 is 30.2. The van der Waals surface area contributed by atoms with Crippen molar-refractivity contribution in [2.45, 2.75) is 193 Å². The van der Waals surface area contributed by atoms with Gasteiger partial charge < -0.3 is 43.9 Å². The Hall–Kier alpha value is -2.88. The van der Waals surface area contributed by atoms with Crippen molar-refractivity contribution >= 4 is 23.3 Å². The van der Waals surface area contributed by atoms with Crippen LogP contribution >= 0.6 is 0 Å². The highest BCUT2D eigenvalue weighted by molar-refractivity contribution is 6.38.